The Morgan fingerprint density at radius 2 is 1.65 bits per heavy atom. The average Bonchev–Trinajstić information content (AvgIpc) is 2.29. The molecule has 1 N–H and O–H groups in total. The highest BCUT2D eigenvalue weighted by Crippen LogP contribution is 2.17. The number of carbonyl (C=O) groups excluding carboxylic acids is 1. The summed E-state index contributed by atoms with van der Waals surface area (Å²) in [5.41, 5.74) is -1.54. The molecule has 0 saturated carbocycles. The zero-order valence-corrected chi connectivity index (χ0v) is 11.2. The summed E-state index contributed by atoms with van der Waals surface area (Å²) >= 11 is 0. The van der Waals surface area contributed by atoms with Gasteiger partial charge in [0.1, 0.15) is 5.60 Å². The molecule has 0 spiro atoms. The van der Waals surface area contributed by atoms with Crippen LogP contribution in [0.4, 0.5) is 22.4 Å². The fourth-order valence-electron chi connectivity index (χ4n) is 1.35. The maximum absolute atomic E-state index is 13.2. The number of nitrogens with zero attached hydrogens (tertiary/aromatic N) is 1. The number of carbonyl (C=O) groups is 1. The van der Waals surface area contributed by atoms with Gasteiger partial charge in [0.2, 0.25) is 0 Å². The molecule has 0 aromatic carbocycles. The maximum Gasteiger partial charge on any atom is 0.407 e. The van der Waals surface area contributed by atoms with Gasteiger partial charge in [-0.2, -0.15) is 13.8 Å². The first-order valence-corrected chi connectivity index (χ1v) is 5.77. The van der Waals surface area contributed by atoms with Crippen LogP contribution in [0.5, 0.6) is 0 Å². The standard InChI is InChI=1S/C12H14F4N2O2/c1-12(2,3)20-11(19)17-5-4-6-7(13)9(15)18-10(16)8(6)14/h4-5H2,1-3H3,(H,17,19). The van der Waals surface area contributed by atoms with Crippen molar-refractivity contribution in [1.82, 2.24) is 10.3 Å². The highest BCUT2D eigenvalue weighted by atomic mass is 19.2. The van der Waals surface area contributed by atoms with Crippen molar-refractivity contribution in [1.29, 1.82) is 0 Å². The quantitative estimate of drug-likeness (QED) is 0.689. The molecule has 0 unspecified atom stereocenters. The largest absolute Gasteiger partial charge is 0.444 e. The second-order valence-corrected chi connectivity index (χ2v) is 4.98. The molecule has 0 atom stereocenters. The second kappa shape index (κ2) is 6.06. The van der Waals surface area contributed by atoms with E-state index in [9.17, 15) is 22.4 Å². The van der Waals surface area contributed by atoms with Crippen LogP contribution in [0.2, 0.25) is 0 Å². The molecule has 8 heteroatoms. The number of hydrogen-bond acceptors (Lipinski definition) is 3. The number of pyridine rings is 1. The zero-order valence-electron chi connectivity index (χ0n) is 11.2. The summed E-state index contributed by atoms with van der Waals surface area (Å²) in [6, 6.07) is 0. The number of aromatic nitrogens is 1. The van der Waals surface area contributed by atoms with Gasteiger partial charge in [-0.1, -0.05) is 0 Å². The van der Waals surface area contributed by atoms with E-state index >= 15 is 0 Å². The molecule has 0 aliphatic carbocycles. The molecule has 0 saturated heterocycles. The SMILES string of the molecule is CC(C)(C)OC(=O)NCCc1c(F)c(F)nc(F)c1F. The topological polar surface area (TPSA) is 51.2 Å². The minimum absolute atomic E-state index is 0.244. The Morgan fingerprint density at radius 3 is 2.10 bits per heavy atom. The van der Waals surface area contributed by atoms with Crippen molar-refractivity contribution in [3.05, 3.63) is 29.1 Å². The zero-order chi connectivity index (χ0) is 15.5. The third kappa shape index (κ3) is 4.36. The molecule has 0 aliphatic heterocycles. The summed E-state index contributed by atoms with van der Waals surface area (Å²) in [6.45, 7) is 4.67. The predicted octanol–water partition coefficient (Wildman–Crippen LogP) is 2.71. The van der Waals surface area contributed by atoms with Crippen LogP contribution in [0.15, 0.2) is 0 Å². The van der Waals surface area contributed by atoms with Gasteiger partial charge in [0.15, 0.2) is 11.6 Å². The monoisotopic (exact) mass is 294 g/mol. The van der Waals surface area contributed by atoms with E-state index in [2.05, 4.69) is 10.3 Å². The molecule has 1 heterocycles. The normalized spacial score (nSPS) is 11.3. The Morgan fingerprint density at radius 1 is 1.15 bits per heavy atom. The Bertz CT molecular complexity index is 489. The fraction of sp³-hybridized carbons (Fsp3) is 0.500. The van der Waals surface area contributed by atoms with E-state index in [4.69, 9.17) is 4.74 Å². The molecule has 0 aliphatic rings. The smallest absolute Gasteiger partial charge is 0.407 e. The molecule has 1 amide bonds. The summed E-state index contributed by atoms with van der Waals surface area (Å²) < 4.78 is 57.0. The number of rotatable bonds is 3. The number of hydrogen-bond donors (Lipinski definition) is 1. The van der Waals surface area contributed by atoms with E-state index in [1.54, 1.807) is 20.8 Å². The molecule has 1 aromatic heterocycles. The lowest BCUT2D eigenvalue weighted by molar-refractivity contribution is 0.0528. The average molecular weight is 294 g/mol. The van der Waals surface area contributed by atoms with Crippen molar-refractivity contribution in [2.45, 2.75) is 32.8 Å². The summed E-state index contributed by atoms with van der Waals surface area (Å²) in [6.07, 6.45) is -1.24. The third-order valence-corrected chi connectivity index (χ3v) is 2.13. The van der Waals surface area contributed by atoms with Crippen molar-refractivity contribution in [2.75, 3.05) is 6.54 Å². The molecule has 112 valence electrons. The van der Waals surface area contributed by atoms with Gasteiger partial charge in [0.25, 0.3) is 11.9 Å². The van der Waals surface area contributed by atoms with Crippen LogP contribution in [-0.4, -0.2) is 23.2 Å². The lowest BCUT2D eigenvalue weighted by atomic mass is 10.1. The lowest BCUT2D eigenvalue weighted by Gasteiger charge is -2.19. The van der Waals surface area contributed by atoms with Crippen LogP contribution in [0.1, 0.15) is 26.3 Å². The minimum atomic E-state index is -1.73. The van der Waals surface area contributed by atoms with Gasteiger partial charge in [0, 0.05) is 12.1 Å². The summed E-state index contributed by atoms with van der Waals surface area (Å²) in [7, 11) is 0. The van der Waals surface area contributed by atoms with Crippen molar-refractivity contribution in [2.24, 2.45) is 0 Å². The highest BCUT2D eigenvalue weighted by molar-refractivity contribution is 5.67. The van der Waals surface area contributed by atoms with Crippen molar-refractivity contribution in [3.8, 4) is 0 Å². The number of amides is 1. The van der Waals surface area contributed by atoms with Crippen LogP contribution in [-0.2, 0) is 11.2 Å². The van der Waals surface area contributed by atoms with Crippen LogP contribution < -0.4 is 5.32 Å². The third-order valence-electron chi connectivity index (χ3n) is 2.13. The molecule has 0 bridgehead atoms. The molecular formula is C12H14F4N2O2. The molecule has 0 radical (unpaired) electrons. The molecule has 0 fully saturated rings. The highest BCUT2D eigenvalue weighted by Gasteiger charge is 2.21. The molecule has 1 aromatic rings. The van der Waals surface area contributed by atoms with Gasteiger partial charge in [-0.25, -0.2) is 13.6 Å². The van der Waals surface area contributed by atoms with Crippen LogP contribution in [0.3, 0.4) is 0 Å². The Kier molecular flexibility index (Phi) is 4.91. The van der Waals surface area contributed by atoms with Crippen molar-refractivity contribution in [3.63, 3.8) is 0 Å². The Hall–Kier alpha value is -1.86. The second-order valence-electron chi connectivity index (χ2n) is 4.98. The van der Waals surface area contributed by atoms with Crippen molar-refractivity contribution < 1.29 is 27.1 Å². The Labute approximate surface area is 113 Å². The fourth-order valence-corrected chi connectivity index (χ4v) is 1.35. The summed E-state index contributed by atoms with van der Waals surface area (Å²) in [4.78, 5) is 13.7. The number of nitrogens with one attached hydrogen (secondary N) is 1. The number of ether oxygens (including phenoxy) is 1. The van der Waals surface area contributed by atoms with Crippen LogP contribution in [0, 0.1) is 23.5 Å². The van der Waals surface area contributed by atoms with Crippen LogP contribution >= 0.6 is 0 Å². The molecule has 20 heavy (non-hydrogen) atoms. The first kappa shape index (κ1) is 16.2. The van der Waals surface area contributed by atoms with Gasteiger partial charge in [-0.3, -0.25) is 0 Å². The minimum Gasteiger partial charge on any atom is -0.444 e. The summed E-state index contributed by atoms with van der Waals surface area (Å²) in [5, 5.41) is 2.22. The Balaban J connectivity index is 2.66. The van der Waals surface area contributed by atoms with Gasteiger partial charge >= 0.3 is 6.09 Å². The van der Waals surface area contributed by atoms with Gasteiger partial charge < -0.3 is 10.1 Å². The predicted molar refractivity (Wildman–Crippen MR) is 62.0 cm³/mol. The molecule has 1 rings (SSSR count). The van der Waals surface area contributed by atoms with E-state index in [-0.39, 0.29) is 6.54 Å². The first-order chi connectivity index (χ1) is 9.11. The van der Waals surface area contributed by atoms with E-state index < -0.39 is 47.2 Å². The summed E-state index contributed by atoms with van der Waals surface area (Å²) in [5.74, 6) is -6.60. The van der Waals surface area contributed by atoms with Gasteiger partial charge in [-0.05, 0) is 27.2 Å². The van der Waals surface area contributed by atoms with Gasteiger partial charge in [-0.15, -0.1) is 0 Å². The van der Waals surface area contributed by atoms with E-state index in [0.717, 1.165) is 0 Å². The molecular weight excluding hydrogens is 280 g/mol. The van der Waals surface area contributed by atoms with Crippen LogP contribution in [0.25, 0.3) is 0 Å². The lowest BCUT2D eigenvalue weighted by Crippen LogP contribution is -2.33. The van der Waals surface area contributed by atoms with E-state index in [1.807, 2.05) is 0 Å². The maximum atomic E-state index is 13.2. The van der Waals surface area contributed by atoms with E-state index in [0.29, 0.717) is 0 Å². The first-order valence-electron chi connectivity index (χ1n) is 5.77. The van der Waals surface area contributed by atoms with Crippen molar-refractivity contribution >= 4 is 6.09 Å². The van der Waals surface area contributed by atoms with Gasteiger partial charge in [0.05, 0.1) is 0 Å². The molecule has 4 nitrogen and oxygen atoms in total. The number of halogens is 4. The number of alkyl carbamates (subject to hydrolysis) is 1. The van der Waals surface area contributed by atoms with E-state index in [1.165, 1.54) is 0 Å².